The summed E-state index contributed by atoms with van der Waals surface area (Å²) in [4.78, 5) is 14.4. The summed E-state index contributed by atoms with van der Waals surface area (Å²) in [5.41, 5.74) is 2.23. The number of hydrogen-bond acceptors (Lipinski definition) is 3. The third kappa shape index (κ3) is 6.08. The molecule has 1 amide bonds. The first kappa shape index (κ1) is 18.7. The van der Waals surface area contributed by atoms with E-state index in [1.165, 1.54) is 0 Å². The minimum Gasteiger partial charge on any atom is -0.490 e. The highest BCUT2D eigenvalue weighted by atomic mass is 16.5. The van der Waals surface area contributed by atoms with Gasteiger partial charge in [0.1, 0.15) is 12.4 Å². The Morgan fingerprint density at radius 1 is 1.16 bits per heavy atom. The SMILES string of the molecule is C=CCOc1ccc(CN(C)[C@@H](C)C(=O)NCc2ccccc2)cc1. The number of nitrogens with zero attached hydrogens (tertiary/aromatic N) is 1. The Morgan fingerprint density at radius 3 is 2.48 bits per heavy atom. The molecule has 0 spiro atoms. The molecule has 0 aliphatic rings. The summed E-state index contributed by atoms with van der Waals surface area (Å²) < 4.78 is 5.48. The Hall–Kier alpha value is -2.59. The van der Waals surface area contributed by atoms with E-state index in [0.29, 0.717) is 19.7 Å². The fourth-order valence-electron chi connectivity index (χ4n) is 2.40. The molecule has 0 bridgehead atoms. The number of carbonyl (C=O) groups is 1. The van der Waals surface area contributed by atoms with Crippen molar-refractivity contribution in [2.75, 3.05) is 13.7 Å². The molecule has 25 heavy (non-hydrogen) atoms. The number of amides is 1. The van der Waals surface area contributed by atoms with Gasteiger partial charge in [-0.25, -0.2) is 0 Å². The number of ether oxygens (including phenoxy) is 1. The number of nitrogens with one attached hydrogen (secondary N) is 1. The summed E-state index contributed by atoms with van der Waals surface area (Å²) in [6.45, 7) is 7.29. The van der Waals surface area contributed by atoms with Gasteiger partial charge in [-0.2, -0.15) is 0 Å². The van der Waals surface area contributed by atoms with Crippen molar-refractivity contribution >= 4 is 5.91 Å². The first-order valence-corrected chi connectivity index (χ1v) is 8.44. The minimum absolute atomic E-state index is 0.0253. The van der Waals surface area contributed by atoms with Gasteiger partial charge in [0.2, 0.25) is 5.91 Å². The van der Waals surface area contributed by atoms with Gasteiger partial charge in [-0.15, -0.1) is 0 Å². The van der Waals surface area contributed by atoms with Gasteiger partial charge in [0.15, 0.2) is 0 Å². The molecule has 2 rings (SSSR count). The molecule has 0 radical (unpaired) electrons. The molecule has 0 saturated heterocycles. The average molecular weight is 338 g/mol. The van der Waals surface area contributed by atoms with Crippen LogP contribution in [0.3, 0.4) is 0 Å². The van der Waals surface area contributed by atoms with Gasteiger partial charge in [0, 0.05) is 13.1 Å². The molecule has 0 heterocycles. The normalized spacial score (nSPS) is 11.8. The quantitative estimate of drug-likeness (QED) is 0.713. The topological polar surface area (TPSA) is 41.6 Å². The Kier molecular flexibility index (Phi) is 7.23. The summed E-state index contributed by atoms with van der Waals surface area (Å²) in [6, 6.07) is 17.6. The van der Waals surface area contributed by atoms with Crippen LogP contribution < -0.4 is 10.1 Å². The summed E-state index contributed by atoms with van der Waals surface area (Å²) in [5.74, 6) is 0.845. The summed E-state index contributed by atoms with van der Waals surface area (Å²) in [6.07, 6.45) is 1.72. The van der Waals surface area contributed by atoms with E-state index in [0.717, 1.165) is 16.9 Å². The molecule has 0 aromatic heterocycles. The Labute approximate surface area is 150 Å². The van der Waals surface area contributed by atoms with Crippen LogP contribution in [-0.4, -0.2) is 30.5 Å². The van der Waals surface area contributed by atoms with Crippen LogP contribution in [0.2, 0.25) is 0 Å². The zero-order valence-corrected chi connectivity index (χ0v) is 14.9. The van der Waals surface area contributed by atoms with Crippen molar-refractivity contribution < 1.29 is 9.53 Å². The highest BCUT2D eigenvalue weighted by Crippen LogP contribution is 2.14. The first-order valence-electron chi connectivity index (χ1n) is 8.44. The molecular formula is C21H26N2O2. The van der Waals surface area contributed by atoms with E-state index in [1.807, 2.05) is 73.5 Å². The summed E-state index contributed by atoms with van der Waals surface area (Å²) in [5, 5.41) is 2.99. The molecule has 1 N–H and O–H groups in total. The maximum absolute atomic E-state index is 12.3. The van der Waals surface area contributed by atoms with E-state index < -0.39 is 0 Å². The van der Waals surface area contributed by atoms with Crippen LogP contribution in [-0.2, 0) is 17.9 Å². The standard InChI is InChI=1S/C21H26N2O2/c1-4-14-25-20-12-10-19(11-13-20)16-23(3)17(2)21(24)22-15-18-8-6-5-7-9-18/h4-13,17H,1,14-16H2,2-3H3,(H,22,24)/t17-/m0/s1. The van der Waals surface area contributed by atoms with Crippen LogP contribution in [0, 0.1) is 0 Å². The molecule has 0 saturated carbocycles. The van der Waals surface area contributed by atoms with Gasteiger partial charge in [0.05, 0.1) is 6.04 Å². The number of likely N-dealkylation sites (N-methyl/N-ethyl adjacent to an activating group) is 1. The third-order valence-electron chi connectivity index (χ3n) is 4.07. The second-order valence-corrected chi connectivity index (χ2v) is 6.04. The summed E-state index contributed by atoms with van der Waals surface area (Å²) in [7, 11) is 1.95. The van der Waals surface area contributed by atoms with Crippen LogP contribution in [0.5, 0.6) is 5.75 Å². The van der Waals surface area contributed by atoms with Gasteiger partial charge in [-0.3, -0.25) is 9.69 Å². The van der Waals surface area contributed by atoms with Crippen LogP contribution in [0.25, 0.3) is 0 Å². The van der Waals surface area contributed by atoms with Crippen molar-refractivity contribution in [2.45, 2.75) is 26.1 Å². The Balaban J connectivity index is 1.83. The molecule has 4 heteroatoms. The lowest BCUT2D eigenvalue weighted by Gasteiger charge is -2.24. The van der Waals surface area contributed by atoms with Crippen LogP contribution in [0.4, 0.5) is 0 Å². The largest absolute Gasteiger partial charge is 0.490 e. The van der Waals surface area contributed by atoms with E-state index >= 15 is 0 Å². The predicted molar refractivity (Wildman–Crippen MR) is 101 cm³/mol. The van der Waals surface area contributed by atoms with E-state index in [4.69, 9.17) is 4.74 Å². The first-order chi connectivity index (χ1) is 12.1. The van der Waals surface area contributed by atoms with E-state index in [-0.39, 0.29) is 11.9 Å². The van der Waals surface area contributed by atoms with Gasteiger partial charge in [-0.05, 0) is 37.2 Å². The smallest absolute Gasteiger partial charge is 0.237 e. The molecule has 0 unspecified atom stereocenters. The van der Waals surface area contributed by atoms with E-state index in [1.54, 1.807) is 6.08 Å². The third-order valence-corrected chi connectivity index (χ3v) is 4.07. The monoisotopic (exact) mass is 338 g/mol. The number of benzene rings is 2. The van der Waals surface area contributed by atoms with Crippen LogP contribution in [0.15, 0.2) is 67.3 Å². The molecular weight excluding hydrogens is 312 g/mol. The lowest BCUT2D eigenvalue weighted by molar-refractivity contribution is -0.125. The molecule has 0 fully saturated rings. The number of carbonyl (C=O) groups excluding carboxylic acids is 1. The maximum atomic E-state index is 12.3. The van der Waals surface area contributed by atoms with Crippen molar-refractivity contribution in [1.82, 2.24) is 10.2 Å². The number of hydrogen-bond donors (Lipinski definition) is 1. The summed E-state index contributed by atoms with van der Waals surface area (Å²) >= 11 is 0. The highest BCUT2D eigenvalue weighted by molar-refractivity contribution is 5.81. The maximum Gasteiger partial charge on any atom is 0.237 e. The Morgan fingerprint density at radius 2 is 1.84 bits per heavy atom. The zero-order valence-electron chi connectivity index (χ0n) is 14.9. The molecule has 2 aromatic rings. The highest BCUT2D eigenvalue weighted by Gasteiger charge is 2.17. The molecule has 1 atom stereocenters. The molecule has 0 aliphatic carbocycles. The molecule has 0 aliphatic heterocycles. The Bertz CT molecular complexity index is 668. The lowest BCUT2D eigenvalue weighted by atomic mass is 10.1. The van der Waals surface area contributed by atoms with Crippen molar-refractivity contribution in [3.8, 4) is 5.75 Å². The molecule has 2 aromatic carbocycles. The van der Waals surface area contributed by atoms with Gasteiger partial charge >= 0.3 is 0 Å². The molecule has 4 nitrogen and oxygen atoms in total. The van der Waals surface area contributed by atoms with E-state index in [2.05, 4.69) is 11.9 Å². The van der Waals surface area contributed by atoms with Gasteiger partial charge < -0.3 is 10.1 Å². The molecule has 132 valence electrons. The van der Waals surface area contributed by atoms with Crippen LogP contribution >= 0.6 is 0 Å². The van der Waals surface area contributed by atoms with Crippen LogP contribution in [0.1, 0.15) is 18.1 Å². The fourth-order valence-corrected chi connectivity index (χ4v) is 2.40. The second kappa shape index (κ2) is 9.64. The second-order valence-electron chi connectivity index (χ2n) is 6.04. The predicted octanol–water partition coefficient (Wildman–Crippen LogP) is 3.39. The fraction of sp³-hybridized carbons (Fsp3) is 0.286. The van der Waals surface area contributed by atoms with E-state index in [9.17, 15) is 4.79 Å². The van der Waals surface area contributed by atoms with Crippen molar-refractivity contribution in [3.63, 3.8) is 0 Å². The van der Waals surface area contributed by atoms with Crippen molar-refractivity contribution in [3.05, 3.63) is 78.4 Å². The lowest BCUT2D eigenvalue weighted by Crippen LogP contribution is -2.42. The van der Waals surface area contributed by atoms with Crippen molar-refractivity contribution in [2.24, 2.45) is 0 Å². The van der Waals surface area contributed by atoms with Gasteiger partial charge in [0.25, 0.3) is 0 Å². The number of rotatable bonds is 9. The average Bonchev–Trinajstić information content (AvgIpc) is 2.65. The minimum atomic E-state index is -0.208. The van der Waals surface area contributed by atoms with Gasteiger partial charge in [-0.1, -0.05) is 55.1 Å². The van der Waals surface area contributed by atoms with Crippen molar-refractivity contribution in [1.29, 1.82) is 0 Å². The zero-order chi connectivity index (χ0) is 18.1.